The molecule has 0 aliphatic carbocycles. The predicted molar refractivity (Wildman–Crippen MR) is 44.0 cm³/mol. The van der Waals surface area contributed by atoms with Gasteiger partial charge in [0.2, 0.25) is 0 Å². The lowest BCUT2D eigenvalue weighted by atomic mass is 10.2. The molecule has 0 radical (unpaired) electrons. The molecule has 2 nitrogen and oxygen atoms in total. The second kappa shape index (κ2) is 5.50. The number of hydrogen-bond donors (Lipinski definition) is 2. The fraction of sp³-hybridized carbons (Fsp3) is 0.571. The Hall–Kier alpha value is -0.280. The second-order valence-electron chi connectivity index (χ2n) is 2.00. The van der Waals surface area contributed by atoms with Gasteiger partial charge in [-0.1, -0.05) is 19.1 Å². The number of hydrogen-bond acceptors (Lipinski definition) is 2. The van der Waals surface area contributed by atoms with Gasteiger partial charge in [-0.3, -0.25) is 4.79 Å². The van der Waals surface area contributed by atoms with Crippen molar-refractivity contribution >= 4 is 17.7 Å². The Morgan fingerprint density at radius 1 is 1.80 bits per heavy atom. The summed E-state index contributed by atoms with van der Waals surface area (Å²) < 4.78 is 0. The predicted octanol–water partition coefficient (Wildman–Crippen LogP) is 1.16. The molecule has 10 heavy (non-hydrogen) atoms. The Kier molecular flexibility index (Phi) is 5.35. The van der Waals surface area contributed by atoms with Crippen LogP contribution in [0.5, 0.6) is 0 Å². The third-order valence-corrected chi connectivity index (χ3v) is 1.25. The van der Waals surface area contributed by atoms with E-state index in [0.29, 0.717) is 12.8 Å². The SMILES string of the molecule is CCC(O)C=CCC(=O)S. The van der Waals surface area contributed by atoms with Crippen LogP contribution in [0.3, 0.4) is 0 Å². The van der Waals surface area contributed by atoms with Gasteiger partial charge in [-0.2, -0.15) is 0 Å². The first kappa shape index (κ1) is 9.72. The largest absolute Gasteiger partial charge is 0.389 e. The molecule has 3 heteroatoms. The molecule has 0 aromatic carbocycles. The van der Waals surface area contributed by atoms with Crippen molar-refractivity contribution in [3.63, 3.8) is 0 Å². The number of carbonyl (C=O) groups excluding carboxylic acids is 1. The lowest BCUT2D eigenvalue weighted by Crippen LogP contribution is -1.98. The second-order valence-corrected chi connectivity index (χ2v) is 2.50. The highest BCUT2D eigenvalue weighted by molar-refractivity contribution is 7.96. The zero-order chi connectivity index (χ0) is 7.98. The van der Waals surface area contributed by atoms with E-state index >= 15 is 0 Å². The van der Waals surface area contributed by atoms with E-state index in [-0.39, 0.29) is 5.12 Å². The lowest BCUT2D eigenvalue weighted by Gasteiger charge is -1.96. The van der Waals surface area contributed by atoms with Crippen molar-refractivity contribution < 1.29 is 9.90 Å². The quantitative estimate of drug-likeness (QED) is 0.478. The van der Waals surface area contributed by atoms with Crippen molar-refractivity contribution in [2.75, 3.05) is 0 Å². The highest BCUT2D eigenvalue weighted by Gasteiger charge is 1.92. The Morgan fingerprint density at radius 3 is 2.80 bits per heavy atom. The summed E-state index contributed by atoms with van der Waals surface area (Å²) in [5, 5.41) is 8.77. The van der Waals surface area contributed by atoms with Crippen molar-refractivity contribution in [1.82, 2.24) is 0 Å². The molecule has 0 spiro atoms. The van der Waals surface area contributed by atoms with Crippen molar-refractivity contribution in [3.8, 4) is 0 Å². The van der Waals surface area contributed by atoms with Crippen LogP contribution in [0.15, 0.2) is 12.2 Å². The van der Waals surface area contributed by atoms with Gasteiger partial charge >= 0.3 is 0 Å². The molecule has 0 amide bonds. The Bertz CT molecular complexity index is 132. The van der Waals surface area contributed by atoms with Crippen LogP contribution >= 0.6 is 12.6 Å². The monoisotopic (exact) mass is 160 g/mol. The third-order valence-electron chi connectivity index (χ3n) is 1.07. The van der Waals surface area contributed by atoms with Crippen molar-refractivity contribution in [2.45, 2.75) is 25.9 Å². The van der Waals surface area contributed by atoms with E-state index in [2.05, 4.69) is 12.6 Å². The number of rotatable bonds is 4. The molecular formula is C7H12O2S. The van der Waals surface area contributed by atoms with E-state index in [0.717, 1.165) is 0 Å². The first-order chi connectivity index (χ1) is 4.66. The van der Waals surface area contributed by atoms with Crippen LogP contribution < -0.4 is 0 Å². The van der Waals surface area contributed by atoms with E-state index in [1.165, 1.54) is 0 Å². The number of thiol groups is 1. The summed E-state index contributed by atoms with van der Waals surface area (Å²) in [5.74, 6) is 0. The van der Waals surface area contributed by atoms with E-state index in [1.807, 2.05) is 6.92 Å². The smallest absolute Gasteiger partial charge is 0.189 e. The van der Waals surface area contributed by atoms with Gasteiger partial charge in [0.15, 0.2) is 5.12 Å². The molecule has 0 aliphatic rings. The highest BCUT2D eigenvalue weighted by atomic mass is 32.1. The van der Waals surface area contributed by atoms with E-state index in [9.17, 15) is 4.79 Å². The topological polar surface area (TPSA) is 37.3 Å². The number of aliphatic hydroxyl groups excluding tert-OH is 1. The zero-order valence-electron chi connectivity index (χ0n) is 5.95. The summed E-state index contributed by atoms with van der Waals surface area (Å²) in [6.45, 7) is 1.87. The van der Waals surface area contributed by atoms with Crippen molar-refractivity contribution in [1.29, 1.82) is 0 Å². The fourth-order valence-corrected chi connectivity index (χ4v) is 0.567. The molecule has 1 unspecified atom stereocenters. The van der Waals surface area contributed by atoms with Crippen molar-refractivity contribution in [2.24, 2.45) is 0 Å². The molecule has 0 bridgehead atoms. The van der Waals surface area contributed by atoms with Gasteiger partial charge in [-0.15, -0.1) is 12.6 Å². The van der Waals surface area contributed by atoms with Crippen LogP contribution in [-0.2, 0) is 4.79 Å². The standard InChI is InChI=1S/C7H12O2S/c1-2-6(8)4-3-5-7(9)10/h3-4,6,8H,2,5H2,1H3,(H,9,10). The minimum atomic E-state index is -0.423. The fourth-order valence-electron chi connectivity index (χ4n) is 0.462. The molecule has 0 aromatic heterocycles. The molecule has 0 rings (SSSR count). The minimum Gasteiger partial charge on any atom is -0.389 e. The average molecular weight is 160 g/mol. The van der Waals surface area contributed by atoms with Crippen LogP contribution in [0.25, 0.3) is 0 Å². The Morgan fingerprint density at radius 2 is 2.40 bits per heavy atom. The van der Waals surface area contributed by atoms with Gasteiger partial charge in [-0.05, 0) is 6.42 Å². The third kappa shape index (κ3) is 5.85. The number of aliphatic hydroxyl groups is 1. The van der Waals surface area contributed by atoms with Gasteiger partial charge in [0.25, 0.3) is 0 Å². The molecule has 58 valence electrons. The molecule has 1 atom stereocenters. The maximum Gasteiger partial charge on any atom is 0.189 e. The first-order valence-corrected chi connectivity index (χ1v) is 3.68. The van der Waals surface area contributed by atoms with Crippen LogP contribution in [0, 0.1) is 0 Å². The van der Waals surface area contributed by atoms with Crippen molar-refractivity contribution in [3.05, 3.63) is 12.2 Å². The Balaban J connectivity index is 3.45. The summed E-state index contributed by atoms with van der Waals surface area (Å²) in [6.07, 6.45) is 3.78. The molecule has 0 heterocycles. The maximum atomic E-state index is 10.2. The summed E-state index contributed by atoms with van der Waals surface area (Å²) in [4.78, 5) is 10.2. The Labute approximate surface area is 66.4 Å². The molecule has 0 saturated carbocycles. The minimum absolute atomic E-state index is 0.181. The van der Waals surface area contributed by atoms with Gasteiger partial charge in [0, 0.05) is 6.42 Å². The summed E-state index contributed by atoms with van der Waals surface area (Å²) in [5.41, 5.74) is 0. The van der Waals surface area contributed by atoms with E-state index in [1.54, 1.807) is 12.2 Å². The number of allylic oxidation sites excluding steroid dienone is 1. The number of carbonyl (C=O) groups is 1. The van der Waals surface area contributed by atoms with Gasteiger partial charge in [0.05, 0.1) is 6.10 Å². The lowest BCUT2D eigenvalue weighted by molar-refractivity contribution is -0.110. The molecule has 0 aliphatic heterocycles. The summed E-state index contributed by atoms with van der Waals surface area (Å²) in [7, 11) is 0. The zero-order valence-corrected chi connectivity index (χ0v) is 6.84. The first-order valence-electron chi connectivity index (χ1n) is 3.23. The average Bonchev–Trinajstić information content (AvgIpc) is 1.87. The summed E-state index contributed by atoms with van der Waals surface area (Å²) >= 11 is 3.56. The molecule has 0 aromatic rings. The molecule has 1 N–H and O–H groups in total. The van der Waals surface area contributed by atoms with Crippen LogP contribution in [0.4, 0.5) is 0 Å². The van der Waals surface area contributed by atoms with Crippen LogP contribution in [0.1, 0.15) is 19.8 Å². The van der Waals surface area contributed by atoms with Crippen LogP contribution in [-0.4, -0.2) is 16.3 Å². The van der Waals surface area contributed by atoms with E-state index < -0.39 is 6.10 Å². The normalized spacial score (nSPS) is 13.9. The summed E-state index contributed by atoms with van der Waals surface area (Å²) in [6, 6.07) is 0. The van der Waals surface area contributed by atoms with Gasteiger partial charge in [0.1, 0.15) is 0 Å². The maximum absolute atomic E-state index is 10.2. The molecular weight excluding hydrogens is 148 g/mol. The van der Waals surface area contributed by atoms with Crippen LogP contribution in [0.2, 0.25) is 0 Å². The van der Waals surface area contributed by atoms with Gasteiger partial charge in [-0.25, -0.2) is 0 Å². The molecule has 0 saturated heterocycles. The molecule has 0 fully saturated rings. The van der Waals surface area contributed by atoms with Gasteiger partial charge < -0.3 is 5.11 Å². The highest BCUT2D eigenvalue weighted by Crippen LogP contribution is 1.95. The van der Waals surface area contributed by atoms with E-state index in [4.69, 9.17) is 5.11 Å².